The second-order valence-corrected chi connectivity index (χ2v) is 5.29. The van der Waals surface area contributed by atoms with Gasteiger partial charge in [0, 0.05) is 5.54 Å². The average Bonchev–Trinajstić information content (AvgIpc) is 2.16. The highest BCUT2D eigenvalue weighted by molar-refractivity contribution is 5.72. The summed E-state index contributed by atoms with van der Waals surface area (Å²) in [5.74, 6) is 0. The normalized spacial score (nSPS) is 34.6. The highest BCUT2D eigenvalue weighted by Crippen LogP contribution is 2.38. The number of benzene rings is 1. The number of aliphatic hydroxyl groups is 1. The minimum Gasteiger partial charge on any atom is -0.385 e. The zero-order valence-electron chi connectivity index (χ0n) is 9.90. The third kappa shape index (κ3) is 2.18. The molecule has 0 bridgehead atoms. The van der Waals surface area contributed by atoms with E-state index >= 15 is 0 Å². The summed E-state index contributed by atoms with van der Waals surface area (Å²) < 4.78 is 0. The highest BCUT2D eigenvalue weighted by Gasteiger charge is 2.37. The summed E-state index contributed by atoms with van der Waals surface area (Å²) in [5, 5.41) is 10.5. The van der Waals surface area contributed by atoms with Gasteiger partial charge in [-0.2, -0.15) is 0 Å². The molecule has 0 spiro atoms. The molecule has 2 heteroatoms. The van der Waals surface area contributed by atoms with Crippen LogP contribution < -0.4 is 5.73 Å². The first-order valence-electron chi connectivity index (χ1n) is 5.68. The summed E-state index contributed by atoms with van der Waals surface area (Å²) in [7, 11) is 0. The molecular formula is C14H19NO. The summed E-state index contributed by atoms with van der Waals surface area (Å²) in [6.45, 7) is 3.83. The minimum atomic E-state index is -0.830. The lowest BCUT2D eigenvalue weighted by molar-refractivity contribution is 0.0809. The summed E-state index contributed by atoms with van der Waals surface area (Å²) >= 11 is 0. The van der Waals surface area contributed by atoms with Crippen LogP contribution in [0.15, 0.2) is 36.4 Å². The Morgan fingerprint density at radius 2 is 1.81 bits per heavy atom. The zero-order valence-corrected chi connectivity index (χ0v) is 9.90. The van der Waals surface area contributed by atoms with Crippen molar-refractivity contribution in [1.82, 2.24) is 0 Å². The predicted octanol–water partition coefficient (Wildman–Crippen LogP) is 2.33. The van der Waals surface area contributed by atoms with Crippen molar-refractivity contribution in [3.8, 4) is 0 Å². The molecule has 0 heterocycles. The van der Waals surface area contributed by atoms with Gasteiger partial charge in [-0.1, -0.05) is 36.4 Å². The molecular weight excluding hydrogens is 198 g/mol. The molecule has 0 unspecified atom stereocenters. The van der Waals surface area contributed by atoms with Crippen molar-refractivity contribution < 1.29 is 5.11 Å². The van der Waals surface area contributed by atoms with E-state index in [-0.39, 0.29) is 5.54 Å². The molecule has 2 nitrogen and oxygen atoms in total. The average molecular weight is 217 g/mol. The Hall–Kier alpha value is -1.12. The number of hydrogen-bond acceptors (Lipinski definition) is 2. The Kier molecular flexibility index (Phi) is 2.64. The third-order valence-corrected chi connectivity index (χ3v) is 3.19. The van der Waals surface area contributed by atoms with Crippen molar-refractivity contribution in [2.75, 3.05) is 0 Å². The number of nitrogens with two attached hydrogens (primary N) is 1. The molecule has 2 rings (SSSR count). The fraction of sp³-hybridized carbons (Fsp3) is 0.429. The van der Waals surface area contributed by atoms with Crippen LogP contribution in [0.1, 0.15) is 32.3 Å². The fourth-order valence-electron chi connectivity index (χ4n) is 2.56. The second kappa shape index (κ2) is 3.72. The van der Waals surface area contributed by atoms with Crippen molar-refractivity contribution in [2.24, 2.45) is 5.73 Å². The van der Waals surface area contributed by atoms with E-state index in [2.05, 4.69) is 6.08 Å². The Morgan fingerprint density at radius 1 is 1.19 bits per heavy atom. The zero-order chi connectivity index (χ0) is 11.8. The standard InChI is InChI=1S/C14H19NO/c1-13(15)9-8-12(14(2,16)10-13)11-6-4-3-5-7-11/h3-8,16H,9-10,15H2,1-2H3/t13-,14-/m0/s1. The topological polar surface area (TPSA) is 46.2 Å². The van der Waals surface area contributed by atoms with Gasteiger partial charge in [0.2, 0.25) is 0 Å². The van der Waals surface area contributed by atoms with Gasteiger partial charge in [0.15, 0.2) is 0 Å². The van der Waals surface area contributed by atoms with E-state index in [1.54, 1.807) is 0 Å². The van der Waals surface area contributed by atoms with Gasteiger partial charge in [-0.15, -0.1) is 0 Å². The van der Waals surface area contributed by atoms with Crippen LogP contribution >= 0.6 is 0 Å². The van der Waals surface area contributed by atoms with E-state index in [0.29, 0.717) is 6.42 Å². The summed E-state index contributed by atoms with van der Waals surface area (Å²) in [6, 6.07) is 10.0. The first kappa shape index (κ1) is 11.4. The van der Waals surface area contributed by atoms with Crippen LogP contribution in [-0.2, 0) is 0 Å². The molecule has 2 atom stereocenters. The van der Waals surface area contributed by atoms with E-state index in [4.69, 9.17) is 5.73 Å². The van der Waals surface area contributed by atoms with Crippen molar-refractivity contribution in [1.29, 1.82) is 0 Å². The van der Waals surface area contributed by atoms with Gasteiger partial charge < -0.3 is 10.8 Å². The van der Waals surface area contributed by atoms with Gasteiger partial charge in [-0.05, 0) is 37.8 Å². The smallest absolute Gasteiger partial charge is 0.0888 e. The van der Waals surface area contributed by atoms with Gasteiger partial charge in [0.25, 0.3) is 0 Å². The molecule has 0 saturated heterocycles. The molecule has 16 heavy (non-hydrogen) atoms. The number of rotatable bonds is 1. The van der Waals surface area contributed by atoms with Crippen molar-refractivity contribution in [3.05, 3.63) is 42.0 Å². The van der Waals surface area contributed by atoms with E-state index in [1.807, 2.05) is 44.2 Å². The molecule has 0 fully saturated rings. The third-order valence-electron chi connectivity index (χ3n) is 3.19. The lowest BCUT2D eigenvalue weighted by atomic mass is 9.73. The molecule has 0 aromatic heterocycles. The van der Waals surface area contributed by atoms with Gasteiger partial charge in [-0.3, -0.25) is 0 Å². The lowest BCUT2D eigenvalue weighted by Crippen LogP contribution is -2.47. The van der Waals surface area contributed by atoms with E-state index < -0.39 is 5.60 Å². The van der Waals surface area contributed by atoms with E-state index in [9.17, 15) is 5.11 Å². The maximum absolute atomic E-state index is 10.5. The van der Waals surface area contributed by atoms with Gasteiger partial charge in [0.05, 0.1) is 5.60 Å². The first-order chi connectivity index (χ1) is 7.41. The SMILES string of the molecule is C[C@]1(N)CC=C(c2ccccc2)[C@@](C)(O)C1. The quantitative estimate of drug-likeness (QED) is 0.758. The van der Waals surface area contributed by atoms with Gasteiger partial charge in [0.1, 0.15) is 0 Å². The van der Waals surface area contributed by atoms with Gasteiger partial charge >= 0.3 is 0 Å². The van der Waals surface area contributed by atoms with Crippen LogP contribution in [0.4, 0.5) is 0 Å². The molecule has 3 N–H and O–H groups in total. The van der Waals surface area contributed by atoms with Crippen LogP contribution in [0.25, 0.3) is 5.57 Å². The monoisotopic (exact) mass is 217 g/mol. The first-order valence-corrected chi connectivity index (χ1v) is 5.68. The summed E-state index contributed by atoms with van der Waals surface area (Å²) in [6.07, 6.45) is 3.48. The van der Waals surface area contributed by atoms with Crippen LogP contribution in [0.3, 0.4) is 0 Å². The van der Waals surface area contributed by atoms with Crippen LogP contribution in [0, 0.1) is 0 Å². The Balaban J connectivity index is 2.39. The number of hydrogen-bond donors (Lipinski definition) is 2. The molecule has 0 amide bonds. The lowest BCUT2D eigenvalue weighted by Gasteiger charge is -2.39. The van der Waals surface area contributed by atoms with Crippen molar-refractivity contribution in [2.45, 2.75) is 37.8 Å². The highest BCUT2D eigenvalue weighted by atomic mass is 16.3. The molecule has 0 saturated carbocycles. The van der Waals surface area contributed by atoms with E-state index in [1.165, 1.54) is 0 Å². The molecule has 0 radical (unpaired) electrons. The largest absolute Gasteiger partial charge is 0.385 e. The molecule has 86 valence electrons. The van der Waals surface area contributed by atoms with Crippen molar-refractivity contribution in [3.63, 3.8) is 0 Å². The maximum atomic E-state index is 10.5. The summed E-state index contributed by atoms with van der Waals surface area (Å²) in [4.78, 5) is 0. The van der Waals surface area contributed by atoms with Gasteiger partial charge in [-0.25, -0.2) is 0 Å². The summed E-state index contributed by atoms with van der Waals surface area (Å²) in [5.41, 5.74) is 7.04. The molecule has 1 aromatic carbocycles. The Bertz CT molecular complexity index is 404. The fourth-order valence-corrected chi connectivity index (χ4v) is 2.56. The second-order valence-electron chi connectivity index (χ2n) is 5.29. The Morgan fingerprint density at radius 3 is 2.38 bits per heavy atom. The predicted molar refractivity (Wildman–Crippen MR) is 66.9 cm³/mol. The Labute approximate surface area is 96.8 Å². The van der Waals surface area contributed by atoms with Crippen LogP contribution in [-0.4, -0.2) is 16.2 Å². The maximum Gasteiger partial charge on any atom is 0.0888 e. The van der Waals surface area contributed by atoms with E-state index in [0.717, 1.165) is 17.6 Å². The van der Waals surface area contributed by atoms with Crippen molar-refractivity contribution >= 4 is 5.57 Å². The molecule has 1 aromatic rings. The molecule has 1 aliphatic carbocycles. The van der Waals surface area contributed by atoms with Crippen LogP contribution in [0.2, 0.25) is 0 Å². The molecule has 1 aliphatic rings. The van der Waals surface area contributed by atoms with Crippen LogP contribution in [0.5, 0.6) is 0 Å². The molecule has 0 aliphatic heterocycles. The minimum absolute atomic E-state index is 0.304.